The van der Waals surface area contributed by atoms with Crippen LogP contribution in [0.2, 0.25) is 0 Å². The van der Waals surface area contributed by atoms with Gasteiger partial charge in [-0.05, 0) is 24.3 Å². The number of nitrogens with one attached hydrogen (secondary N) is 2. The molecule has 0 radical (unpaired) electrons. The highest BCUT2D eigenvalue weighted by molar-refractivity contribution is 7.71. The maximum absolute atomic E-state index is 13.3. The van der Waals surface area contributed by atoms with E-state index < -0.39 is 5.82 Å². The molecule has 0 aliphatic heterocycles. The highest BCUT2D eigenvalue weighted by Gasteiger charge is 2.09. The minimum absolute atomic E-state index is 0.0230. The van der Waals surface area contributed by atoms with Gasteiger partial charge < -0.3 is 10.3 Å². The third-order valence-corrected chi connectivity index (χ3v) is 2.65. The van der Waals surface area contributed by atoms with Crippen molar-refractivity contribution in [1.29, 1.82) is 0 Å². The Bertz CT molecular complexity index is 626. The van der Waals surface area contributed by atoms with Gasteiger partial charge in [0.25, 0.3) is 5.91 Å². The SMILES string of the molecule is O=C(NCc1ncccc1F)c1ccc[nH]c1=S. The molecule has 0 fully saturated rings. The quantitative estimate of drug-likeness (QED) is 0.835. The van der Waals surface area contributed by atoms with E-state index in [1.807, 2.05) is 0 Å². The number of carbonyl (C=O) groups excluding carboxylic acids is 1. The van der Waals surface area contributed by atoms with Gasteiger partial charge in [-0.3, -0.25) is 9.78 Å². The number of rotatable bonds is 3. The van der Waals surface area contributed by atoms with Crippen LogP contribution in [0.4, 0.5) is 4.39 Å². The third-order valence-electron chi connectivity index (χ3n) is 2.31. The van der Waals surface area contributed by atoms with E-state index in [2.05, 4.69) is 15.3 Å². The molecular formula is C12H10FN3OS. The number of halogens is 1. The zero-order chi connectivity index (χ0) is 13.0. The fourth-order valence-corrected chi connectivity index (χ4v) is 1.64. The minimum Gasteiger partial charge on any atom is -0.352 e. The van der Waals surface area contributed by atoms with Crippen LogP contribution in [0.5, 0.6) is 0 Å². The van der Waals surface area contributed by atoms with Crippen LogP contribution >= 0.6 is 12.2 Å². The largest absolute Gasteiger partial charge is 0.352 e. The molecule has 0 saturated carbocycles. The van der Waals surface area contributed by atoms with Gasteiger partial charge >= 0.3 is 0 Å². The number of pyridine rings is 2. The van der Waals surface area contributed by atoms with Crippen molar-refractivity contribution in [2.45, 2.75) is 6.54 Å². The average Bonchev–Trinajstić information content (AvgIpc) is 2.38. The standard InChI is InChI=1S/C12H10FN3OS/c13-9-4-2-5-14-10(9)7-16-11(17)8-3-1-6-15-12(8)18/h1-6H,7H2,(H,15,18)(H,16,17). The molecule has 0 aromatic carbocycles. The Labute approximate surface area is 108 Å². The molecule has 2 aromatic rings. The maximum atomic E-state index is 13.3. The van der Waals surface area contributed by atoms with Crippen LogP contribution in [0, 0.1) is 10.5 Å². The number of aromatic amines is 1. The lowest BCUT2D eigenvalue weighted by atomic mass is 10.2. The molecule has 0 aliphatic rings. The molecule has 0 saturated heterocycles. The van der Waals surface area contributed by atoms with Gasteiger partial charge in [-0.2, -0.15) is 0 Å². The summed E-state index contributed by atoms with van der Waals surface area (Å²) in [7, 11) is 0. The van der Waals surface area contributed by atoms with Gasteiger partial charge in [0.1, 0.15) is 10.5 Å². The first kappa shape index (κ1) is 12.4. The second-order valence-electron chi connectivity index (χ2n) is 3.53. The van der Waals surface area contributed by atoms with Gasteiger partial charge in [-0.15, -0.1) is 0 Å². The first-order valence-corrected chi connectivity index (χ1v) is 5.64. The molecule has 4 nitrogen and oxygen atoms in total. The normalized spacial score (nSPS) is 10.1. The molecule has 0 spiro atoms. The van der Waals surface area contributed by atoms with Gasteiger partial charge in [-0.1, -0.05) is 12.2 Å². The maximum Gasteiger partial charge on any atom is 0.254 e. The third kappa shape index (κ3) is 2.78. The monoisotopic (exact) mass is 263 g/mol. The molecule has 0 atom stereocenters. The molecule has 0 bridgehead atoms. The Morgan fingerprint density at radius 2 is 2.28 bits per heavy atom. The first-order chi connectivity index (χ1) is 8.68. The number of carbonyl (C=O) groups is 1. The van der Waals surface area contributed by atoms with Crippen LogP contribution < -0.4 is 5.32 Å². The van der Waals surface area contributed by atoms with Gasteiger partial charge in [0.2, 0.25) is 0 Å². The van der Waals surface area contributed by atoms with E-state index >= 15 is 0 Å². The lowest BCUT2D eigenvalue weighted by molar-refractivity contribution is 0.0949. The molecule has 2 aromatic heterocycles. The van der Waals surface area contributed by atoms with Crippen molar-refractivity contribution in [1.82, 2.24) is 15.3 Å². The summed E-state index contributed by atoms with van der Waals surface area (Å²) >= 11 is 4.98. The van der Waals surface area contributed by atoms with Crippen LogP contribution in [-0.2, 0) is 6.54 Å². The van der Waals surface area contributed by atoms with E-state index in [0.29, 0.717) is 10.2 Å². The fourth-order valence-electron chi connectivity index (χ4n) is 1.41. The smallest absolute Gasteiger partial charge is 0.254 e. The fraction of sp³-hybridized carbons (Fsp3) is 0.0833. The molecule has 2 rings (SSSR count). The summed E-state index contributed by atoms with van der Waals surface area (Å²) in [6.45, 7) is 0.0230. The first-order valence-electron chi connectivity index (χ1n) is 5.24. The van der Waals surface area contributed by atoms with Crippen molar-refractivity contribution in [2.24, 2.45) is 0 Å². The highest BCUT2D eigenvalue weighted by Crippen LogP contribution is 2.03. The zero-order valence-electron chi connectivity index (χ0n) is 9.31. The number of aromatic nitrogens is 2. The second kappa shape index (κ2) is 5.50. The molecule has 0 unspecified atom stereocenters. The molecule has 0 aliphatic carbocycles. The van der Waals surface area contributed by atoms with E-state index in [1.54, 1.807) is 18.3 Å². The summed E-state index contributed by atoms with van der Waals surface area (Å²) in [6.07, 6.45) is 3.11. The topological polar surface area (TPSA) is 57.8 Å². The summed E-state index contributed by atoms with van der Waals surface area (Å²) in [5.41, 5.74) is 0.542. The van der Waals surface area contributed by atoms with Crippen LogP contribution in [-0.4, -0.2) is 15.9 Å². The van der Waals surface area contributed by atoms with Crippen molar-refractivity contribution in [3.63, 3.8) is 0 Å². The highest BCUT2D eigenvalue weighted by atomic mass is 32.1. The van der Waals surface area contributed by atoms with Crippen molar-refractivity contribution in [2.75, 3.05) is 0 Å². The lowest BCUT2D eigenvalue weighted by Crippen LogP contribution is -2.24. The van der Waals surface area contributed by atoms with E-state index in [4.69, 9.17) is 12.2 Å². The zero-order valence-corrected chi connectivity index (χ0v) is 10.1. The van der Waals surface area contributed by atoms with Crippen LogP contribution in [0.3, 0.4) is 0 Å². The molecule has 2 heterocycles. The number of amides is 1. The van der Waals surface area contributed by atoms with Gasteiger partial charge in [0, 0.05) is 12.4 Å². The molecular weight excluding hydrogens is 253 g/mol. The summed E-state index contributed by atoms with van der Waals surface area (Å²) in [6, 6.07) is 6.06. The van der Waals surface area contributed by atoms with E-state index in [-0.39, 0.29) is 18.1 Å². The number of hydrogen-bond acceptors (Lipinski definition) is 3. The van der Waals surface area contributed by atoms with E-state index in [1.165, 1.54) is 18.3 Å². The average molecular weight is 263 g/mol. The Morgan fingerprint density at radius 1 is 1.44 bits per heavy atom. The van der Waals surface area contributed by atoms with Crippen LogP contribution in [0.25, 0.3) is 0 Å². The summed E-state index contributed by atoms with van der Waals surface area (Å²) < 4.78 is 13.6. The number of hydrogen-bond donors (Lipinski definition) is 2. The van der Waals surface area contributed by atoms with Crippen molar-refractivity contribution in [3.05, 3.63) is 58.4 Å². The molecule has 18 heavy (non-hydrogen) atoms. The second-order valence-corrected chi connectivity index (χ2v) is 3.94. The molecule has 1 amide bonds. The molecule has 92 valence electrons. The molecule has 2 N–H and O–H groups in total. The minimum atomic E-state index is -0.448. The Hall–Kier alpha value is -2.08. The Morgan fingerprint density at radius 3 is 3.00 bits per heavy atom. The summed E-state index contributed by atoms with van der Waals surface area (Å²) in [5, 5.41) is 2.57. The van der Waals surface area contributed by atoms with Gasteiger partial charge in [0.15, 0.2) is 0 Å². The van der Waals surface area contributed by atoms with E-state index in [0.717, 1.165) is 0 Å². The van der Waals surface area contributed by atoms with Crippen molar-refractivity contribution in [3.8, 4) is 0 Å². The van der Waals surface area contributed by atoms with Gasteiger partial charge in [0.05, 0.1) is 17.8 Å². The predicted molar refractivity (Wildman–Crippen MR) is 67.0 cm³/mol. The molecule has 6 heteroatoms. The van der Waals surface area contributed by atoms with Gasteiger partial charge in [-0.25, -0.2) is 4.39 Å². The van der Waals surface area contributed by atoms with Crippen LogP contribution in [0.15, 0.2) is 36.7 Å². The van der Waals surface area contributed by atoms with Crippen LogP contribution in [0.1, 0.15) is 16.1 Å². The lowest BCUT2D eigenvalue weighted by Gasteiger charge is -2.05. The van der Waals surface area contributed by atoms with Crippen molar-refractivity contribution < 1.29 is 9.18 Å². The van der Waals surface area contributed by atoms with Crippen molar-refractivity contribution >= 4 is 18.1 Å². The Kier molecular flexibility index (Phi) is 3.78. The summed E-state index contributed by atoms with van der Waals surface area (Å²) in [5.74, 6) is -0.807. The summed E-state index contributed by atoms with van der Waals surface area (Å²) in [4.78, 5) is 18.4. The Balaban J connectivity index is 2.08. The number of H-pyrrole nitrogens is 1. The predicted octanol–water partition coefficient (Wildman–Crippen LogP) is 2.21. The number of nitrogens with zero attached hydrogens (tertiary/aromatic N) is 1. The van der Waals surface area contributed by atoms with E-state index in [9.17, 15) is 9.18 Å².